The minimum absolute atomic E-state index is 0.0231. The van der Waals surface area contributed by atoms with Crippen LogP contribution in [-0.4, -0.2) is 24.2 Å². The lowest BCUT2D eigenvalue weighted by Crippen LogP contribution is -2.30. The maximum Gasteiger partial charge on any atom is 0.207 e. The first kappa shape index (κ1) is 7.43. The van der Waals surface area contributed by atoms with Crippen molar-refractivity contribution in [1.29, 1.82) is 0 Å². The van der Waals surface area contributed by atoms with Gasteiger partial charge in [-0.3, -0.25) is 4.79 Å². The Balaban J connectivity index is 3.20. The highest BCUT2D eigenvalue weighted by atomic mass is 16.3. The number of rotatable bonds is 4. The van der Waals surface area contributed by atoms with Crippen LogP contribution in [0.2, 0.25) is 0 Å². The number of hydrogen-bond acceptors (Lipinski definition) is 2. The van der Waals surface area contributed by atoms with Crippen LogP contribution in [0.4, 0.5) is 0 Å². The molecule has 0 aromatic carbocycles. The molecule has 0 saturated heterocycles. The molecule has 0 aromatic heterocycles. The molecule has 0 heterocycles. The Morgan fingerprint density at radius 1 is 1.88 bits per heavy atom. The predicted octanol–water partition coefficient (Wildman–Crippen LogP) is -0.497. The van der Waals surface area contributed by atoms with Crippen molar-refractivity contribution >= 4 is 6.41 Å². The van der Waals surface area contributed by atoms with Crippen molar-refractivity contribution in [3.63, 3.8) is 0 Å². The monoisotopic (exact) mass is 117 g/mol. The van der Waals surface area contributed by atoms with Crippen molar-refractivity contribution in [3.8, 4) is 0 Å². The molecule has 1 atom stereocenters. The largest absolute Gasteiger partial charge is 0.394 e. The van der Waals surface area contributed by atoms with Crippen molar-refractivity contribution in [2.24, 2.45) is 0 Å². The van der Waals surface area contributed by atoms with Crippen molar-refractivity contribution < 1.29 is 9.90 Å². The summed E-state index contributed by atoms with van der Waals surface area (Å²) in [6.45, 7) is 1.92. The third-order valence-electron chi connectivity index (χ3n) is 1.02. The van der Waals surface area contributed by atoms with Gasteiger partial charge in [-0.15, -0.1) is 0 Å². The number of amides is 1. The molecule has 0 aliphatic rings. The third-order valence-corrected chi connectivity index (χ3v) is 1.02. The molecular weight excluding hydrogens is 106 g/mol. The van der Waals surface area contributed by atoms with Gasteiger partial charge in [-0.25, -0.2) is 0 Å². The molecule has 0 aliphatic carbocycles. The number of aliphatic hydroxyl groups excluding tert-OH is 1. The second-order valence-corrected chi connectivity index (χ2v) is 1.57. The molecular formula is C5H11NO2. The van der Waals surface area contributed by atoms with Crippen molar-refractivity contribution in [2.45, 2.75) is 19.4 Å². The quantitative estimate of drug-likeness (QED) is 0.488. The molecule has 8 heavy (non-hydrogen) atoms. The minimum atomic E-state index is -0.0625. The summed E-state index contributed by atoms with van der Waals surface area (Å²) in [6.07, 6.45) is 1.37. The molecule has 0 bridgehead atoms. The van der Waals surface area contributed by atoms with Gasteiger partial charge >= 0.3 is 0 Å². The van der Waals surface area contributed by atoms with Gasteiger partial charge in [-0.1, -0.05) is 6.92 Å². The summed E-state index contributed by atoms with van der Waals surface area (Å²) < 4.78 is 0. The first-order valence-corrected chi connectivity index (χ1v) is 2.65. The summed E-state index contributed by atoms with van der Waals surface area (Å²) in [5.74, 6) is 0. The average molecular weight is 117 g/mol. The molecule has 0 aromatic rings. The van der Waals surface area contributed by atoms with E-state index in [2.05, 4.69) is 5.32 Å². The fourth-order valence-electron chi connectivity index (χ4n) is 0.396. The Morgan fingerprint density at radius 3 is 2.62 bits per heavy atom. The van der Waals surface area contributed by atoms with Crippen LogP contribution >= 0.6 is 0 Å². The van der Waals surface area contributed by atoms with Gasteiger partial charge in [0, 0.05) is 0 Å². The summed E-state index contributed by atoms with van der Waals surface area (Å²) in [5, 5.41) is 10.9. The number of hydrogen-bond donors (Lipinski definition) is 2. The third kappa shape index (κ3) is 2.58. The van der Waals surface area contributed by atoms with E-state index in [0.717, 1.165) is 6.42 Å². The van der Waals surface area contributed by atoms with E-state index in [9.17, 15) is 4.79 Å². The molecule has 0 radical (unpaired) electrons. The summed E-state index contributed by atoms with van der Waals surface area (Å²) in [4.78, 5) is 9.71. The van der Waals surface area contributed by atoms with Gasteiger partial charge in [0.15, 0.2) is 0 Å². The topological polar surface area (TPSA) is 49.3 Å². The van der Waals surface area contributed by atoms with E-state index in [1.165, 1.54) is 0 Å². The molecule has 3 nitrogen and oxygen atoms in total. The SMILES string of the molecule is CCC(CO)NC=O. The Labute approximate surface area is 48.7 Å². The molecule has 0 rings (SSSR count). The Morgan fingerprint density at radius 2 is 2.50 bits per heavy atom. The molecule has 2 N–H and O–H groups in total. The van der Waals surface area contributed by atoms with Crippen molar-refractivity contribution in [3.05, 3.63) is 0 Å². The highest BCUT2D eigenvalue weighted by Gasteiger charge is 1.98. The Kier molecular flexibility index (Phi) is 4.26. The van der Waals surface area contributed by atoms with Crippen LogP contribution < -0.4 is 5.32 Å². The molecule has 48 valence electrons. The number of nitrogens with one attached hydrogen (secondary N) is 1. The molecule has 1 unspecified atom stereocenters. The molecule has 0 fully saturated rings. The second kappa shape index (κ2) is 4.59. The van der Waals surface area contributed by atoms with Gasteiger partial charge in [0.05, 0.1) is 12.6 Å². The zero-order valence-corrected chi connectivity index (χ0v) is 4.92. The molecule has 0 spiro atoms. The van der Waals surface area contributed by atoms with Crippen LogP contribution in [0.5, 0.6) is 0 Å². The maximum atomic E-state index is 9.71. The second-order valence-electron chi connectivity index (χ2n) is 1.57. The van der Waals surface area contributed by atoms with Crippen LogP contribution in [0.3, 0.4) is 0 Å². The van der Waals surface area contributed by atoms with Crippen LogP contribution in [0.25, 0.3) is 0 Å². The van der Waals surface area contributed by atoms with Gasteiger partial charge in [0.1, 0.15) is 0 Å². The Hall–Kier alpha value is -0.570. The zero-order chi connectivity index (χ0) is 6.41. The fourth-order valence-corrected chi connectivity index (χ4v) is 0.396. The normalized spacial score (nSPS) is 12.8. The van der Waals surface area contributed by atoms with Crippen LogP contribution in [0.15, 0.2) is 0 Å². The van der Waals surface area contributed by atoms with E-state index in [-0.39, 0.29) is 12.6 Å². The zero-order valence-electron chi connectivity index (χ0n) is 4.92. The van der Waals surface area contributed by atoms with E-state index in [1.54, 1.807) is 0 Å². The van der Waals surface area contributed by atoms with Gasteiger partial charge in [0.25, 0.3) is 0 Å². The molecule has 0 saturated carbocycles. The van der Waals surface area contributed by atoms with Crippen molar-refractivity contribution in [1.82, 2.24) is 5.32 Å². The maximum absolute atomic E-state index is 9.71. The molecule has 3 heteroatoms. The predicted molar refractivity (Wildman–Crippen MR) is 30.4 cm³/mol. The molecule has 1 amide bonds. The molecule has 0 aliphatic heterocycles. The van der Waals surface area contributed by atoms with E-state index < -0.39 is 0 Å². The lowest BCUT2D eigenvalue weighted by atomic mass is 10.2. The first-order valence-electron chi connectivity index (χ1n) is 2.65. The standard InChI is InChI=1S/C5H11NO2/c1-2-5(3-7)6-4-8/h4-5,7H,2-3H2,1H3,(H,6,8). The van der Waals surface area contributed by atoms with Crippen LogP contribution in [0, 0.1) is 0 Å². The van der Waals surface area contributed by atoms with Crippen LogP contribution in [0.1, 0.15) is 13.3 Å². The summed E-state index contributed by atoms with van der Waals surface area (Å²) in [7, 11) is 0. The van der Waals surface area contributed by atoms with Crippen LogP contribution in [-0.2, 0) is 4.79 Å². The van der Waals surface area contributed by atoms with Gasteiger partial charge in [-0.2, -0.15) is 0 Å². The van der Waals surface area contributed by atoms with E-state index >= 15 is 0 Å². The smallest absolute Gasteiger partial charge is 0.207 e. The number of aliphatic hydroxyl groups is 1. The number of carbonyl (C=O) groups excluding carboxylic acids is 1. The lowest BCUT2D eigenvalue weighted by molar-refractivity contribution is -0.110. The van der Waals surface area contributed by atoms with Gasteiger partial charge < -0.3 is 10.4 Å². The summed E-state index contributed by atoms with van der Waals surface area (Å²) in [5.41, 5.74) is 0. The van der Waals surface area contributed by atoms with Gasteiger partial charge in [-0.05, 0) is 6.42 Å². The van der Waals surface area contributed by atoms with E-state index in [4.69, 9.17) is 5.11 Å². The highest BCUT2D eigenvalue weighted by Crippen LogP contribution is 1.84. The van der Waals surface area contributed by atoms with E-state index in [1.807, 2.05) is 6.92 Å². The minimum Gasteiger partial charge on any atom is -0.394 e. The average Bonchev–Trinajstić information content (AvgIpc) is 1.83. The Bertz CT molecular complexity index is 61.4. The summed E-state index contributed by atoms with van der Waals surface area (Å²) >= 11 is 0. The van der Waals surface area contributed by atoms with Crippen molar-refractivity contribution in [2.75, 3.05) is 6.61 Å². The number of carbonyl (C=O) groups is 1. The van der Waals surface area contributed by atoms with E-state index in [0.29, 0.717) is 6.41 Å². The highest BCUT2D eigenvalue weighted by molar-refractivity contribution is 5.46. The fraction of sp³-hybridized carbons (Fsp3) is 0.800. The van der Waals surface area contributed by atoms with Gasteiger partial charge in [0.2, 0.25) is 6.41 Å². The lowest BCUT2D eigenvalue weighted by Gasteiger charge is -2.07. The summed E-state index contributed by atoms with van der Waals surface area (Å²) in [6, 6.07) is -0.0625. The first-order chi connectivity index (χ1) is 3.85.